The van der Waals surface area contributed by atoms with E-state index in [1.165, 1.54) is 40.2 Å². The molecular formula is C27H29Cl2N4O6S3+. The normalized spacial score (nSPS) is 18.7. The number of halogens is 2. The van der Waals surface area contributed by atoms with Crippen molar-refractivity contribution in [2.24, 2.45) is 5.73 Å². The number of carbonyl (C=O) groups is 4. The second kappa shape index (κ2) is 14.8. The number of rotatable bonds is 14. The quantitative estimate of drug-likeness (QED) is 0.102. The van der Waals surface area contributed by atoms with E-state index in [9.17, 15) is 24.3 Å². The van der Waals surface area contributed by atoms with Crippen molar-refractivity contribution in [3.63, 3.8) is 0 Å². The van der Waals surface area contributed by atoms with E-state index in [0.29, 0.717) is 44.9 Å². The van der Waals surface area contributed by atoms with Crippen molar-refractivity contribution in [1.82, 2.24) is 10.2 Å². The predicted octanol–water partition coefficient (Wildman–Crippen LogP) is 3.49. The van der Waals surface area contributed by atoms with Gasteiger partial charge in [-0.3, -0.25) is 19.3 Å². The molecule has 1 aromatic carbocycles. The summed E-state index contributed by atoms with van der Waals surface area (Å²) in [4.78, 5) is 51.4. The molecule has 2 aliphatic rings. The fourth-order valence-corrected chi connectivity index (χ4v) is 8.06. The van der Waals surface area contributed by atoms with Crippen LogP contribution in [0.1, 0.15) is 19.3 Å². The van der Waals surface area contributed by atoms with Crippen LogP contribution in [-0.2, 0) is 25.7 Å². The van der Waals surface area contributed by atoms with Gasteiger partial charge >= 0.3 is 11.9 Å². The maximum absolute atomic E-state index is 13.0. The van der Waals surface area contributed by atoms with E-state index in [-0.39, 0.29) is 17.4 Å². The van der Waals surface area contributed by atoms with Gasteiger partial charge in [0.25, 0.3) is 5.91 Å². The Hall–Kier alpha value is -2.42. The zero-order valence-corrected chi connectivity index (χ0v) is 26.2. The fourth-order valence-electron chi connectivity index (χ4n) is 4.38. The molecule has 2 aliphatic heterocycles. The average molecular weight is 673 g/mol. The lowest BCUT2D eigenvalue weighted by Crippen LogP contribution is -2.70. The van der Waals surface area contributed by atoms with E-state index in [2.05, 4.69) is 5.32 Å². The van der Waals surface area contributed by atoms with E-state index in [1.807, 2.05) is 29.1 Å². The van der Waals surface area contributed by atoms with E-state index < -0.39 is 35.3 Å². The number of nitrogens with one attached hydrogen (secondary N) is 1. The number of hydrogen-bond donors (Lipinski definition) is 4. The first-order chi connectivity index (χ1) is 20.0. The largest absolute Gasteiger partial charge is 0.480 e. The van der Waals surface area contributed by atoms with Gasteiger partial charge in [-0.2, -0.15) is 0 Å². The number of carboxylic acid groups (broad SMARTS) is 2. The molecule has 2 amide bonds. The van der Waals surface area contributed by atoms with Gasteiger partial charge in [0.2, 0.25) is 5.91 Å². The number of hydrogen-bond acceptors (Lipinski definition) is 8. The van der Waals surface area contributed by atoms with Gasteiger partial charge in [0.15, 0.2) is 12.4 Å². The molecule has 42 heavy (non-hydrogen) atoms. The van der Waals surface area contributed by atoms with Crippen LogP contribution in [0.5, 0.6) is 0 Å². The minimum atomic E-state index is -1.17. The van der Waals surface area contributed by atoms with Crippen molar-refractivity contribution in [3.8, 4) is 0 Å². The average Bonchev–Trinajstić information content (AvgIpc) is 2.97. The van der Waals surface area contributed by atoms with Gasteiger partial charge in [-0.25, -0.2) is 9.36 Å². The highest BCUT2D eigenvalue weighted by molar-refractivity contribution is 8.01. The first-order valence-corrected chi connectivity index (χ1v) is 16.7. The first-order valence-electron chi connectivity index (χ1n) is 12.9. The number of thioether (sulfide) groups is 3. The fraction of sp³-hybridized carbons (Fsp3) is 0.370. The number of nitrogens with zero attached hydrogens (tertiary/aromatic N) is 2. The van der Waals surface area contributed by atoms with Crippen molar-refractivity contribution < 1.29 is 34.0 Å². The number of carboxylic acids is 2. The Morgan fingerprint density at radius 3 is 2.57 bits per heavy atom. The van der Waals surface area contributed by atoms with Crippen molar-refractivity contribution in [2.45, 2.75) is 53.1 Å². The summed E-state index contributed by atoms with van der Waals surface area (Å²) in [7, 11) is 0. The van der Waals surface area contributed by atoms with Crippen LogP contribution in [0.3, 0.4) is 0 Å². The molecule has 0 unspecified atom stereocenters. The second-order valence-corrected chi connectivity index (χ2v) is 13.6. The lowest BCUT2D eigenvalue weighted by Gasteiger charge is -2.49. The summed E-state index contributed by atoms with van der Waals surface area (Å²) in [5.41, 5.74) is 6.15. The number of nitrogens with two attached hydrogens (primary N) is 1. The zero-order chi connectivity index (χ0) is 30.4. The third kappa shape index (κ3) is 8.14. The van der Waals surface area contributed by atoms with Gasteiger partial charge in [-0.1, -0.05) is 23.2 Å². The lowest BCUT2D eigenvalue weighted by atomic mass is 10.0. The second-order valence-electron chi connectivity index (χ2n) is 9.58. The first kappa shape index (κ1) is 32.5. The van der Waals surface area contributed by atoms with Crippen molar-refractivity contribution in [2.75, 3.05) is 17.3 Å². The highest BCUT2D eigenvalue weighted by Gasteiger charge is 2.54. The summed E-state index contributed by atoms with van der Waals surface area (Å²) >= 11 is 16.3. The van der Waals surface area contributed by atoms with Crippen molar-refractivity contribution in [3.05, 3.63) is 64.0 Å². The van der Waals surface area contributed by atoms with Gasteiger partial charge in [0, 0.05) is 44.9 Å². The zero-order valence-electron chi connectivity index (χ0n) is 22.2. The number of unbranched alkanes of at least 4 members (excludes halogenated alkanes) is 1. The molecule has 0 radical (unpaired) electrons. The van der Waals surface area contributed by atoms with Gasteiger partial charge in [-0.15, -0.1) is 35.3 Å². The molecule has 15 heteroatoms. The summed E-state index contributed by atoms with van der Waals surface area (Å²) in [6, 6.07) is 7.19. The Labute approximate surface area is 265 Å². The third-order valence-corrected chi connectivity index (χ3v) is 10.8. The third-order valence-electron chi connectivity index (χ3n) is 6.59. The number of pyridine rings is 1. The van der Waals surface area contributed by atoms with Gasteiger partial charge in [0.05, 0.1) is 10.8 Å². The Bertz CT molecular complexity index is 1390. The molecule has 3 heterocycles. The molecule has 1 aromatic heterocycles. The predicted molar refractivity (Wildman–Crippen MR) is 164 cm³/mol. The molecule has 1 saturated heterocycles. The van der Waals surface area contributed by atoms with Gasteiger partial charge in [-0.05, 0) is 36.6 Å². The number of carbonyl (C=O) groups excluding carboxylic acids is 2. The molecule has 2 aromatic rings. The number of aliphatic carboxylic acids is 2. The van der Waals surface area contributed by atoms with Crippen LogP contribution in [0.2, 0.25) is 10.0 Å². The van der Waals surface area contributed by atoms with Crippen LogP contribution in [0.15, 0.2) is 63.8 Å². The highest BCUT2D eigenvalue weighted by Crippen LogP contribution is 2.41. The summed E-state index contributed by atoms with van der Waals surface area (Å²) in [6.45, 7) is 0.728. The molecule has 0 saturated carbocycles. The lowest BCUT2D eigenvalue weighted by molar-refractivity contribution is -0.697. The van der Waals surface area contributed by atoms with E-state index >= 15 is 0 Å². The number of aryl methyl sites for hydroxylation is 1. The van der Waals surface area contributed by atoms with Crippen molar-refractivity contribution in [1.29, 1.82) is 0 Å². The number of benzene rings is 1. The Morgan fingerprint density at radius 2 is 1.88 bits per heavy atom. The Morgan fingerprint density at radius 1 is 1.14 bits per heavy atom. The molecule has 0 bridgehead atoms. The minimum Gasteiger partial charge on any atom is -0.480 e. The molecule has 5 N–H and O–H groups in total. The summed E-state index contributed by atoms with van der Waals surface area (Å²) < 4.78 is 1.99. The Kier molecular flexibility index (Phi) is 11.5. The molecule has 10 nitrogen and oxygen atoms in total. The smallest absolute Gasteiger partial charge is 0.352 e. The van der Waals surface area contributed by atoms with E-state index in [0.717, 1.165) is 17.9 Å². The van der Waals surface area contributed by atoms with E-state index in [1.54, 1.807) is 18.2 Å². The summed E-state index contributed by atoms with van der Waals surface area (Å²) in [5.74, 6) is -2.12. The maximum Gasteiger partial charge on any atom is 0.352 e. The van der Waals surface area contributed by atoms with Gasteiger partial charge < -0.3 is 21.3 Å². The number of fused-ring (bicyclic) bond motifs is 1. The van der Waals surface area contributed by atoms with E-state index in [4.69, 9.17) is 34.0 Å². The summed E-state index contributed by atoms with van der Waals surface area (Å²) in [5, 5.41) is 22.0. The SMILES string of the molecule is N[C@@H](CCCC[n+]1ccc(SCC2=C(C(=O)O)N3C(=O)[C@@H](NC(=O)CSc4cc(Cl)ccc4Cl)[C@H]3SC2)cc1)C(=O)O. The number of amides is 2. The molecule has 1 fully saturated rings. The van der Waals surface area contributed by atoms with Gasteiger partial charge in [0.1, 0.15) is 29.7 Å². The van der Waals surface area contributed by atoms with Crippen LogP contribution in [-0.4, -0.2) is 73.6 Å². The Balaban J connectivity index is 1.29. The topological polar surface area (TPSA) is 154 Å². The number of aromatic nitrogens is 1. The molecule has 0 aliphatic carbocycles. The van der Waals surface area contributed by atoms with Crippen LogP contribution < -0.4 is 15.6 Å². The molecule has 0 spiro atoms. The molecule has 3 atom stereocenters. The number of β-lactam (4-membered cyclic amide) rings is 1. The highest BCUT2D eigenvalue weighted by atomic mass is 35.5. The van der Waals surface area contributed by atoms with Crippen LogP contribution in [0.25, 0.3) is 0 Å². The molecule has 224 valence electrons. The minimum absolute atomic E-state index is 0.0209. The standard InChI is InChI=1S/C27H28Cl2N4O6S3/c28-16-4-5-18(29)20(11-16)41-14-21(34)31-22-24(35)33-23(27(38)39)15(13-42-25(22)33)12-40-17-6-9-32(10-7-17)8-2-1-3-19(30)26(36)37/h4-7,9-11,19,22,25H,1-3,8,12-14,30H2,(H2-,31,34,36,37,38,39)/p+1/t19-,22+,25+/m0/s1. The van der Waals surface area contributed by atoms with Crippen LogP contribution >= 0.6 is 58.5 Å². The molecule has 4 rings (SSSR count). The molecular weight excluding hydrogens is 643 g/mol. The van der Waals surface area contributed by atoms with Crippen molar-refractivity contribution >= 4 is 82.2 Å². The van der Waals surface area contributed by atoms with Crippen LogP contribution in [0.4, 0.5) is 0 Å². The summed E-state index contributed by atoms with van der Waals surface area (Å²) in [6.07, 6.45) is 5.77. The maximum atomic E-state index is 13.0. The monoisotopic (exact) mass is 671 g/mol. The van der Waals surface area contributed by atoms with Crippen LogP contribution in [0, 0.1) is 0 Å².